The summed E-state index contributed by atoms with van der Waals surface area (Å²) >= 11 is 1.89. The number of benzene rings is 8. The Hall–Kier alpha value is -6.95. The van der Waals surface area contributed by atoms with Crippen molar-refractivity contribution in [3.05, 3.63) is 176 Å². The molecule has 0 aliphatic carbocycles. The number of thiophene rings is 1. The first-order chi connectivity index (χ1) is 26.8. The molecule has 12 aromatic rings. The third-order valence-electron chi connectivity index (χ3n) is 11.0. The number of aromatic nitrogens is 3. The summed E-state index contributed by atoms with van der Waals surface area (Å²) in [6.07, 6.45) is 0. The molecule has 0 saturated carbocycles. The summed E-state index contributed by atoms with van der Waals surface area (Å²) < 4.78 is 13.5. The fourth-order valence-corrected chi connectivity index (χ4v) is 9.73. The van der Waals surface area contributed by atoms with E-state index in [2.05, 4.69) is 161 Å². The molecule has 54 heavy (non-hydrogen) atoms. The van der Waals surface area contributed by atoms with Crippen molar-refractivity contribution in [1.82, 2.24) is 14.1 Å². The Morgan fingerprint density at radius 1 is 0.426 bits per heavy atom. The highest BCUT2D eigenvalue weighted by Crippen LogP contribution is 2.44. The number of nitrogens with zero attached hydrogens (tertiary/aromatic N) is 3. The van der Waals surface area contributed by atoms with E-state index in [1.165, 1.54) is 80.6 Å². The summed E-state index contributed by atoms with van der Waals surface area (Å²) in [5, 5.41) is 7.61. The minimum atomic E-state index is 0.631. The zero-order valence-electron chi connectivity index (χ0n) is 28.9. The second kappa shape index (κ2) is 11.3. The Kier molecular flexibility index (Phi) is 6.18. The Balaban J connectivity index is 1.02. The van der Waals surface area contributed by atoms with Crippen LogP contribution in [0.15, 0.2) is 180 Å². The van der Waals surface area contributed by atoms with Crippen molar-refractivity contribution in [1.29, 1.82) is 0 Å². The summed E-state index contributed by atoms with van der Waals surface area (Å²) in [5.74, 6) is 0.631. The van der Waals surface area contributed by atoms with Gasteiger partial charge in [0.25, 0.3) is 0 Å². The average molecular weight is 708 g/mol. The third-order valence-corrected chi connectivity index (χ3v) is 12.2. The van der Waals surface area contributed by atoms with Crippen LogP contribution in [-0.2, 0) is 0 Å². The van der Waals surface area contributed by atoms with Crippen LogP contribution < -0.4 is 0 Å². The predicted octanol–water partition coefficient (Wildman–Crippen LogP) is 13.7. The highest BCUT2D eigenvalue weighted by molar-refractivity contribution is 7.26. The van der Waals surface area contributed by atoms with Crippen molar-refractivity contribution < 1.29 is 4.42 Å². The second-order valence-corrected chi connectivity index (χ2v) is 15.0. The highest BCUT2D eigenvalue weighted by atomic mass is 32.1. The Labute approximate surface area is 313 Å². The minimum Gasteiger partial charge on any atom is -0.436 e. The molecule has 12 rings (SSSR count). The number of rotatable bonds is 4. The van der Waals surface area contributed by atoms with Crippen LogP contribution in [0, 0.1) is 0 Å². The number of hydrogen-bond donors (Lipinski definition) is 0. The van der Waals surface area contributed by atoms with Crippen molar-refractivity contribution in [3.8, 4) is 34.0 Å². The lowest BCUT2D eigenvalue weighted by Crippen LogP contribution is -1.94. The molecular formula is C49H29N3OS. The lowest BCUT2D eigenvalue weighted by Gasteiger charge is -2.10. The minimum absolute atomic E-state index is 0.631. The van der Waals surface area contributed by atoms with E-state index in [-0.39, 0.29) is 0 Å². The lowest BCUT2D eigenvalue weighted by atomic mass is 10.0. The number of para-hydroxylation sites is 4. The third kappa shape index (κ3) is 4.27. The van der Waals surface area contributed by atoms with E-state index < -0.39 is 0 Å². The average Bonchev–Trinajstić information content (AvgIpc) is 4.00. The van der Waals surface area contributed by atoms with Crippen LogP contribution in [0.25, 0.3) is 109 Å². The Bertz CT molecular complexity index is 3400. The van der Waals surface area contributed by atoms with E-state index in [0.29, 0.717) is 5.89 Å². The molecule has 0 spiro atoms. The molecule has 0 bridgehead atoms. The van der Waals surface area contributed by atoms with Gasteiger partial charge in [0.1, 0.15) is 5.52 Å². The molecule has 0 atom stereocenters. The Morgan fingerprint density at radius 2 is 1.04 bits per heavy atom. The monoisotopic (exact) mass is 707 g/mol. The molecule has 0 saturated heterocycles. The van der Waals surface area contributed by atoms with Gasteiger partial charge in [-0.3, -0.25) is 0 Å². The van der Waals surface area contributed by atoms with Crippen molar-refractivity contribution in [2.24, 2.45) is 0 Å². The van der Waals surface area contributed by atoms with Crippen LogP contribution >= 0.6 is 11.3 Å². The molecule has 0 N–H and O–H groups in total. The zero-order valence-corrected chi connectivity index (χ0v) is 29.7. The van der Waals surface area contributed by atoms with E-state index >= 15 is 0 Å². The molecule has 0 radical (unpaired) electrons. The van der Waals surface area contributed by atoms with E-state index in [0.717, 1.165) is 22.4 Å². The van der Waals surface area contributed by atoms with Gasteiger partial charge in [0.15, 0.2) is 5.58 Å². The van der Waals surface area contributed by atoms with Gasteiger partial charge in [-0.1, -0.05) is 91.0 Å². The molecule has 4 heterocycles. The molecule has 4 nitrogen and oxygen atoms in total. The quantitative estimate of drug-likeness (QED) is 0.183. The van der Waals surface area contributed by atoms with E-state index in [1.807, 2.05) is 35.6 Å². The van der Waals surface area contributed by atoms with Gasteiger partial charge in [-0.25, -0.2) is 4.98 Å². The predicted molar refractivity (Wildman–Crippen MR) is 226 cm³/mol. The first kappa shape index (κ1) is 29.6. The van der Waals surface area contributed by atoms with Crippen LogP contribution in [0.5, 0.6) is 0 Å². The summed E-state index contributed by atoms with van der Waals surface area (Å²) in [6, 6.07) is 63.2. The molecule has 4 aromatic heterocycles. The summed E-state index contributed by atoms with van der Waals surface area (Å²) in [6.45, 7) is 0. The first-order valence-corrected chi connectivity index (χ1v) is 19.0. The number of oxazole rings is 1. The standard InChI is InChI=1S/C49H29N3OS/c1-2-10-33(11-3-1)52-44-27-21-32(29-40(44)37-24-25-38-36-13-5-9-17-46(36)54-48(38)47(37)52)31-20-26-43-39(28-31)35-12-4-7-15-42(35)51(43)34-22-18-30(19-23-34)49-50-41-14-6-8-16-45(41)53-49/h1-29H. The molecule has 5 heteroatoms. The summed E-state index contributed by atoms with van der Waals surface area (Å²) in [5.41, 5.74) is 12.1. The molecule has 0 unspecified atom stereocenters. The largest absolute Gasteiger partial charge is 0.436 e. The summed E-state index contributed by atoms with van der Waals surface area (Å²) in [4.78, 5) is 4.71. The van der Waals surface area contributed by atoms with Crippen molar-refractivity contribution in [2.75, 3.05) is 0 Å². The van der Waals surface area contributed by atoms with Crippen molar-refractivity contribution >= 4 is 86.2 Å². The summed E-state index contributed by atoms with van der Waals surface area (Å²) in [7, 11) is 0. The zero-order chi connectivity index (χ0) is 35.3. The molecule has 0 aliphatic heterocycles. The van der Waals surface area contributed by atoms with Gasteiger partial charge in [-0.15, -0.1) is 11.3 Å². The smallest absolute Gasteiger partial charge is 0.227 e. The van der Waals surface area contributed by atoms with Crippen LogP contribution in [0.4, 0.5) is 0 Å². The molecule has 0 amide bonds. The topological polar surface area (TPSA) is 35.9 Å². The van der Waals surface area contributed by atoms with Crippen molar-refractivity contribution in [2.45, 2.75) is 0 Å². The maximum atomic E-state index is 6.07. The Morgan fingerprint density at radius 3 is 1.85 bits per heavy atom. The van der Waals surface area contributed by atoms with Gasteiger partial charge in [-0.2, -0.15) is 0 Å². The fourth-order valence-electron chi connectivity index (χ4n) is 8.49. The number of fused-ring (bicyclic) bond motifs is 11. The van der Waals surface area contributed by atoms with Gasteiger partial charge in [0, 0.05) is 54.0 Å². The highest BCUT2D eigenvalue weighted by Gasteiger charge is 2.19. The SMILES string of the molecule is c1ccc(-n2c3ccc(-c4ccc5c(c4)c4ccccc4n5-c4ccc(-c5nc6ccccc6o5)cc4)cc3c3ccc4c5ccccc5sc4c32)cc1. The molecule has 8 aromatic carbocycles. The molecule has 0 aliphatic rings. The van der Waals surface area contributed by atoms with Crippen LogP contribution in [0.2, 0.25) is 0 Å². The van der Waals surface area contributed by atoms with E-state index in [4.69, 9.17) is 9.40 Å². The molecular weight excluding hydrogens is 679 g/mol. The van der Waals surface area contributed by atoms with Crippen LogP contribution in [0.3, 0.4) is 0 Å². The van der Waals surface area contributed by atoms with Gasteiger partial charge in [0.2, 0.25) is 5.89 Å². The second-order valence-electron chi connectivity index (χ2n) is 14.0. The van der Waals surface area contributed by atoms with E-state index in [1.54, 1.807) is 0 Å². The molecule has 252 valence electrons. The normalized spacial score (nSPS) is 12.1. The van der Waals surface area contributed by atoms with Crippen molar-refractivity contribution in [3.63, 3.8) is 0 Å². The van der Waals surface area contributed by atoms with Gasteiger partial charge >= 0.3 is 0 Å². The fraction of sp³-hybridized carbons (Fsp3) is 0. The molecule has 0 fully saturated rings. The maximum Gasteiger partial charge on any atom is 0.227 e. The maximum absolute atomic E-state index is 6.07. The van der Waals surface area contributed by atoms with Gasteiger partial charge in [0.05, 0.1) is 26.8 Å². The van der Waals surface area contributed by atoms with Crippen LogP contribution in [0.1, 0.15) is 0 Å². The van der Waals surface area contributed by atoms with E-state index in [9.17, 15) is 0 Å². The van der Waals surface area contributed by atoms with Crippen LogP contribution in [-0.4, -0.2) is 14.1 Å². The lowest BCUT2D eigenvalue weighted by molar-refractivity contribution is 0.620. The first-order valence-electron chi connectivity index (χ1n) is 18.2. The van der Waals surface area contributed by atoms with Gasteiger partial charge in [-0.05, 0) is 96.1 Å². The van der Waals surface area contributed by atoms with Gasteiger partial charge < -0.3 is 13.6 Å². The number of hydrogen-bond acceptors (Lipinski definition) is 3.